The van der Waals surface area contributed by atoms with Crippen LogP contribution in [0.1, 0.15) is 11.1 Å². The molecule has 1 saturated heterocycles. The molecular weight excluding hydrogens is 347 g/mol. The Morgan fingerprint density at radius 3 is 2.73 bits per heavy atom. The number of rotatable bonds is 3. The summed E-state index contributed by atoms with van der Waals surface area (Å²) in [5.41, 5.74) is 3.01. The summed E-state index contributed by atoms with van der Waals surface area (Å²) in [6.07, 6.45) is 2.05. The van der Waals surface area contributed by atoms with E-state index in [4.69, 9.17) is 0 Å². The van der Waals surface area contributed by atoms with Crippen molar-refractivity contribution in [3.05, 3.63) is 47.8 Å². The lowest BCUT2D eigenvalue weighted by Gasteiger charge is -2.35. The third-order valence-corrected chi connectivity index (χ3v) is 5.42. The Bertz CT molecular complexity index is 948. The monoisotopic (exact) mass is 368 g/mol. The molecule has 0 radical (unpaired) electrons. The van der Waals surface area contributed by atoms with Crippen LogP contribution in [0.2, 0.25) is 0 Å². The number of benzene rings is 1. The van der Waals surface area contributed by atoms with Crippen LogP contribution >= 0.6 is 9.24 Å². The first-order valence-electron chi connectivity index (χ1n) is 8.65. The van der Waals surface area contributed by atoms with Crippen LogP contribution in [0.4, 0.5) is 5.82 Å². The van der Waals surface area contributed by atoms with Crippen LogP contribution in [-0.2, 0) is 11.2 Å². The average Bonchev–Trinajstić information content (AvgIpc) is 3.12. The second-order valence-corrected chi connectivity index (χ2v) is 7.18. The second-order valence-electron chi connectivity index (χ2n) is 6.56. The summed E-state index contributed by atoms with van der Waals surface area (Å²) in [4.78, 5) is 16.7. The number of piperazine rings is 1. The van der Waals surface area contributed by atoms with E-state index < -0.39 is 0 Å². The van der Waals surface area contributed by atoms with E-state index in [9.17, 15) is 4.79 Å². The van der Waals surface area contributed by atoms with Gasteiger partial charge in [0.1, 0.15) is 12.1 Å². The minimum Gasteiger partial charge on any atom is -0.352 e. The largest absolute Gasteiger partial charge is 0.352 e. The molecule has 3 aromatic rings. The number of aryl methyl sites for hydroxylation is 1. The number of nitrogens with zero attached hydrogens (tertiary/aromatic N) is 6. The van der Waals surface area contributed by atoms with Crippen molar-refractivity contribution in [2.75, 3.05) is 31.1 Å². The molecule has 4 rings (SSSR count). The topological polar surface area (TPSA) is 66.6 Å². The molecule has 7 nitrogen and oxygen atoms in total. The van der Waals surface area contributed by atoms with E-state index in [0.717, 1.165) is 35.4 Å². The number of aromatic nitrogens is 4. The van der Waals surface area contributed by atoms with E-state index >= 15 is 0 Å². The number of carbonyl (C=O) groups is 1. The predicted octanol–water partition coefficient (Wildman–Crippen LogP) is 0.824. The fourth-order valence-corrected chi connectivity index (χ4v) is 3.47. The molecule has 1 aliphatic rings. The zero-order valence-electron chi connectivity index (χ0n) is 14.7. The molecule has 8 heteroatoms. The molecule has 26 heavy (non-hydrogen) atoms. The van der Waals surface area contributed by atoms with E-state index in [-0.39, 0.29) is 5.91 Å². The summed E-state index contributed by atoms with van der Waals surface area (Å²) >= 11 is 0. The summed E-state index contributed by atoms with van der Waals surface area (Å²) in [5, 5.41) is 13.5. The van der Waals surface area contributed by atoms with Crippen LogP contribution in [-0.4, -0.2) is 56.8 Å². The summed E-state index contributed by atoms with van der Waals surface area (Å²) in [6.45, 7) is 5.03. The molecule has 1 unspecified atom stereocenters. The molecule has 1 aromatic carbocycles. The molecule has 1 amide bonds. The summed E-state index contributed by atoms with van der Waals surface area (Å²) in [6, 6.07) is 10.0. The van der Waals surface area contributed by atoms with Crippen molar-refractivity contribution >= 4 is 31.9 Å². The van der Waals surface area contributed by atoms with Crippen molar-refractivity contribution in [3.63, 3.8) is 0 Å². The zero-order chi connectivity index (χ0) is 18.1. The average molecular weight is 368 g/mol. The molecule has 1 fully saturated rings. The number of hydrogen-bond donors (Lipinski definition) is 0. The highest BCUT2D eigenvalue weighted by atomic mass is 31.0. The first-order valence-corrected chi connectivity index (χ1v) is 9.23. The van der Waals surface area contributed by atoms with Crippen molar-refractivity contribution in [3.8, 4) is 0 Å². The SMILES string of the molecule is Cc1ccc(CC(=O)N2CCN(c3ccc4nncn4n3)CC2)cc1P. The fraction of sp³-hybridized carbons (Fsp3) is 0.333. The molecule has 2 aromatic heterocycles. The van der Waals surface area contributed by atoms with E-state index in [1.165, 1.54) is 5.56 Å². The van der Waals surface area contributed by atoms with Gasteiger partial charge in [-0.1, -0.05) is 18.2 Å². The first kappa shape index (κ1) is 16.9. The van der Waals surface area contributed by atoms with E-state index in [1.807, 2.05) is 23.1 Å². The standard InChI is InChI=1S/C18H21N6OP/c1-13-2-3-14(10-15(13)26)11-18(25)23-8-6-22(7-9-23)17-5-4-16-20-19-12-24(16)21-17/h2-5,10,12H,6-9,11,26H2,1H3. The molecule has 0 spiro atoms. The van der Waals surface area contributed by atoms with Crippen molar-refractivity contribution in [1.82, 2.24) is 24.7 Å². The molecule has 0 aliphatic carbocycles. The number of carbonyl (C=O) groups excluding carboxylic acids is 1. The minimum absolute atomic E-state index is 0.181. The van der Waals surface area contributed by atoms with Gasteiger partial charge in [-0.2, -0.15) is 4.52 Å². The Labute approximate surface area is 154 Å². The highest BCUT2D eigenvalue weighted by Gasteiger charge is 2.22. The maximum Gasteiger partial charge on any atom is 0.227 e. The smallest absolute Gasteiger partial charge is 0.227 e. The van der Waals surface area contributed by atoms with E-state index in [2.05, 4.69) is 48.5 Å². The lowest BCUT2D eigenvalue weighted by Crippen LogP contribution is -2.49. The van der Waals surface area contributed by atoms with Gasteiger partial charge in [-0.25, -0.2) is 0 Å². The van der Waals surface area contributed by atoms with E-state index in [1.54, 1.807) is 10.8 Å². The predicted molar refractivity (Wildman–Crippen MR) is 104 cm³/mol. The number of hydrogen-bond acceptors (Lipinski definition) is 5. The lowest BCUT2D eigenvalue weighted by atomic mass is 10.1. The van der Waals surface area contributed by atoms with Crippen molar-refractivity contribution in [2.24, 2.45) is 0 Å². The van der Waals surface area contributed by atoms with Gasteiger partial charge >= 0.3 is 0 Å². The van der Waals surface area contributed by atoms with Crippen LogP contribution < -0.4 is 10.2 Å². The molecular formula is C18H21N6OP. The highest BCUT2D eigenvalue weighted by molar-refractivity contribution is 7.27. The third-order valence-electron chi connectivity index (χ3n) is 4.80. The van der Waals surface area contributed by atoms with Gasteiger partial charge in [0.2, 0.25) is 5.91 Å². The van der Waals surface area contributed by atoms with Gasteiger partial charge in [0.05, 0.1) is 6.42 Å². The maximum absolute atomic E-state index is 12.6. The van der Waals surface area contributed by atoms with Crippen LogP contribution in [0.5, 0.6) is 0 Å². The molecule has 1 atom stereocenters. The Kier molecular flexibility index (Phi) is 4.55. The van der Waals surface area contributed by atoms with Crippen LogP contribution in [0.3, 0.4) is 0 Å². The Morgan fingerprint density at radius 1 is 1.15 bits per heavy atom. The van der Waals surface area contributed by atoms with Gasteiger partial charge in [-0.15, -0.1) is 24.5 Å². The van der Waals surface area contributed by atoms with Gasteiger partial charge in [-0.3, -0.25) is 4.79 Å². The van der Waals surface area contributed by atoms with Crippen molar-refractivity contribution in [2.45, 2.75) is 13.3 Å². The minimum atomic E-state index is 0.181. The molecule has 3 heterocycles. The van der Waals surface area contributed by atoms with Gasteiger partial charge < -0.3 is 9.80 Å². The summed E-state index contributed by atoms with van der Waals surface area (Å²) in [5.74, 6) is 1.07. The third kappa shape index (κ3) is 3.40. The van der Waals surface area contributed by atoms with Crippen LogP contribution in [0.15, 0.2) is 36.7 Å². The Hall–Kier alpha value is -2.53. The van der Waals surface area contributed by atoms with Crippen molar-refractivity contribution < 1.29 is 4.79 Å². The highest BCUT2D eigenvalue weighted by Crippen LogP contribution is 2.15. The number of anilines is 1. The van der Waals surface area contributed by atoms with Crippen LogP contribution in [0.25, 0.3) is 5.65 Å². The summed E-state index contributed by atoms with van der Waals surface area (Å²) in [7, 11) is 2.73. The Balaban J connectivity index is 1.37. The molecule has 134 valence electrons. The molecule has 0 saturated carbocycles. The van der Waals surface area contributed by atoms with E-state index in [0.29, 0.717) is 19.5 Å². The lowest BCUT2D eigenvalue weighted by molar-refractivity contribution is -0.130. The zero-order valence-corrected chi connectivity index (χ0v) is 15.8. The molecule has 0 bridgehead atoms. The second kappa shape index (κ2) is 7.00. The number of amides is 1. The van der Waals surface area contributed by atoms with Crippen molar-refractivity contribution in [1.29, 1.82) is 0 Å². The van der Waals surface area contributed by atoms with Gasteiger partial charge in [-0.05, 0) is 35.5 Å². The fourth-order valence-electron chi connectivity index (χ4n) is 3.16. The van der Waals surface area contributed by atoms with Crippen LogP contribution in [0, 0.1) is 6.92 Å². The Morgan fingerprint density at radius 2 is 1.96 bits per heavy atom. The van der Waals surface area contributed by atoms with Gasteiger partial charge in [0.25, 0.3) is 0 Å². The maximum atomic E-state index is 12.6. The molecule has 1 aliphatic heterocycles. The summed E-state index contributed by atoms with van der Waals surface area (Å²) < 4.78 is 1.67. The normalized spacial score (nSPS) is 14.8. The first-order chi connectivity index (χ1) is 12.6. The van der Waals surface area contributed by atoms with Gasteiger partial charge in [0, 0.05) is 26.2 Å². The number of fused-ring (bicyclic) bond motifs is 1. The molecule has 0 N–H and O–H groups in total. The quantitative estimate of drug-likeness (QED) is 0.641. The van der Waals surface area contributed by atoms with Gasteiger partial charge in [0.15, 0.2) is 5.65 Å².